The summed E-state index contributed by atoms with van der Waals surface area (Å²) in [6.45, 7) is 0. The first-order chi connectivity index (χ1) is 14.3. The number of aliphatic imine (C=N–C) groups is 1. The minimum absolute atomic E-state index is 0.0124. The molecule has 4 rings (SSSR count). The summed E-state index contributed by atoms with van der Waals surface area (Å²) < 4.78 is 42.9. The van der Waals surface area contributed by atoms with Crippen molar-refractivity contribution in [3.63, 3.8) is 0 Å². The molecule has 0 aliphatic carbocycles. The predicted molar refractivity (Wildman–Crippen MR) is 117 cm³/mol. The van der Waals surface area contributed by atoms with Crippen LogP contribution in [0.5, 0.6) is 5.75 Å². The molecule has 0 saturated carbocycles. The van der Waals surface area contributed by atoms with Gasteiger partial charge >= 0.3 is 0 Å². The lowest BCUT2D eigenvalue weighted by Gasteiger charge is -2.26. The highest BCUT2D eigenvalue weighted by atomic mass is 35.5. The summed E-state index contributed by atoms with van der Waals surface area (Å²) in [5.41, 5.74) is 1.21. The number of carbonyl (C=O) groups is 1. The van der Waals surface area contributed by atoms with E-state index in [9.17, 15) is 17.6 Å². The van der Waals surface area contributed by atoms with Gasteiger partial charge < -0.3 is 9.64 Å². The number of methoxy groups -OCH3 is 1. The highest BCUT2D eigenvalue weighted by molar-refractivity contribution is 8.16. The Balaban J connectivity index is 1.69. The summed E-state index contributed by atoms with van der Waals surface area (Å²) in [6.07, 6.45) is 0.0124. The zero-order valence-corrected chi connectivity index (χ0v) is 18.3. The van der Waals surface area contributed by atoms with Crippen LogP contribution in [0.3, 0.4) is 0 Å². The van der Waals surface area contributed by atoms with Crippen molar-refractivity contribution in [1.29, 1.82) is 0 Å². The highest BCUT2D eigenvalue weighted by Crippen LogP contribution is 2.44. The Kier molecular flexibility index (Phi) is 5.78. The zero-order valence-electron chi connectivity index (χ0n) is 15.9. The van der Waals surface area contributed by atoms with Crippen molar-refractivity contribution in [3.05, 3.63) is 58.9 Å². The molecule has 1 amide bonds. The lowest BCUT2D eigenvalue weighted by molar-refractivity contribution is -0.117. The second-order valence-corrected chi connectivity index (χ2v) is 10.9. The maximum absolute atomic E-state index is 13.1. The quantitative estimate of drug-likeness (QED) is 0.685. The van der Waals surface area contributed by atoms with E-state index in [2.05, 4.69) is 4.99 Å². The van der Waals surface area contributed by atoms with E-state index in [-0.39, 0.29) is 35.0 Å². The van der Waals surface area contributed by atoms with Crippen LogP contribution in [0.1, 0.15) is 5.56 Å². The fourth-order valence-corrected chi connectivity index (χ4v) is 7.71. The van der Waals surface area contributed by atoms with Gasteiger partial charge in [-0.05, 0) is 35.9 Å². The molecule has 2 aliphatic rings. The van der Waals surface area contributed by atoms with Crippen LogP contribution < -0.4 is 9.64 Å². The minimum atomic E-state index is -3.19. The summed E-state index contributed by atoms with van der Waals surface area (Å²) in [6, 6.07) is 10.3. The van der Waals surface area contributed by atoms with Crippen molar-refractivity contribution in [1.82, 2.24) is 0 Å². The fraction of sp³-hybridized carbons (Fsp3) is 0.300. The number of benzene rings is 2. The third kappa shape index (κ3) is 4.33. The number of halogens is 2. The van der Waals surface area contributed by atoms with E-state index in [0.717, 1.165) is 0 Å². The number of anilines is 1. The maximum atomic E-state index is 13.1. The molecule has 2 aromatic carbocycles. The fourth-order valence-electron chi connectivity index (χ4n) is 3.62. The number of amidine groups is 1. The van der Waals surface area contributed by atoms with Crippen molar-refractivity contribution in [2.75, 3.05) is 23.5 Å². The summed E-state index contributed by atoms with van der Waals surface area (Å²) >= 11 is 7.45. The number of sulfone groups is 1. The number of amides is 1. The molecular weight excluding hydrogens is 451 g/mol. The molecular formula is C20H18ClFN2O4S2. The molecule has 0 unspecified atom stereocenters. The number of nitrogens with zero attached hydrogens (tertiary/aromatic N) is 2. The van der Waals surface area contributed by atoms with E-state index in [1.165, 1.54) is 43.1 Å². The minimum Gasteiger partial charge on any atom is -0.495 e. The number of rotatable bonds is 4. The van der Waals surface area contributed by atoms with E-state index in [1.54, 1.807) is 23.1 Å². The van der Waals surface area contributed by atoms with Crippen molar-refractivity contribution in [2.24, 2.45) is 4.99 Å². The van der Waals surface area contributed by atoms with Crippen LogP contribution in [0.15, 0.2) is 47.5 Å². The van der Waals surface area contributed by atoms with Gasteiger partial charge in [-0.2, -0.15) is 4.99 Å². The SMILES string of the molecule is COc1ccc(Cl)cc1N1C(=NC(=O)Cc2ccc(F)cc2)S[C@@H]2CS(=O)(=O)C[C@H]21. The molecule has 2 saturated heterocycles. The standard InChI is InChI=1S/C20H18ClFN2O4S2/c1-28-17-7-4-13(21)9-15(17)24-16-10-30(26,27)11-18(16)29-20(24)23-19(25)8-12-2-5-14(22)6-3-12/h2-7,9,16,18H,8,10-11H2,1H3/t16-,18-/m1/s1. The molecule has 2 heterocycles. The number of fused-ring (bicyclic) bond motifs is 1. The van der Waals surface area contributed by atoms with Crippen LogP contribution in [-0.2, 0) is 21.1 Å². The molecule has 158 valence electrons. The molecule has 0 N–H and O–H groups in total. The van der Waals surface area contributed by atoms with Gasteiger partial charge in [0, 0.05) is 10.3 Å². The van der Waals surface area contributed by atoms with Gasteiger partial charge in [-0.25, -0.2) is 12.8 Å². The Labute approximate surface area is 183 Å². The van der Waals surface area contributed by atoms with Gasteiger partial charge in [0.15, 0.2) is 15.0 Å². The van der Waals surface area contributed by atoms with Gasteiger partial charge in [-0.1, -0.05) is 35.5 Å². The van der Waals surface area contributed by atoms with Crippen molar-refractivity contribution < 1.29 is 22.3 Å². The maximum Gasteiger partial charge on any atom is 0.252 e. The van der Waals surface area contributed by atoms with Gasteiger partial charge in [0.1, 0.15) is 11.6 Å². The van der Waals surface area contributed by atoms with Crippen LogP contribution in [0.25, 0.3) is 0 Å². The van der Waals surface area contributed by atoms with Gasteiger partial charge in [0.2, 0.25) is 0 Å². The van der Waals surface area contributed by atoms with Crippen LogP contribution in [0.2, 0.25) is 5.02 Å². The lowest BCUT2D eigenvalue weighted by atomic mass is 10.1. The Morgan fingerprint density at radius 1 is 1.27 bits per heavy atom. The normalized spacial score (nSPS) is 23.6. The predicted octanol–water partition coefficient (Wildman–Crippen LogP) is 3.33. The Morgan fingerprint density at radius 2 is 2.00 bits per heavy atom. The number of carbonyl (C=O) groups excluding carboxylic acids is 1. The van der Waals surface area contributed by atoms with E-state index < -0.39 is 15.7 Å². The molecule has 6 nitrogen and oxygen atoms in total. The Bertz CT molecular complexity index is 1120. The molecule has 2 aliphatic heterocycles. The van der Waals surface area contributed by atoms with E-state index in [1.807, 2.05) is 0 Å². The summed E-state index contributed by atoms with van der Waals surface area (Å²) in [5.74, 6) is -0.294. The average molecular weight is 469 g/mol. The monoisotopic (exact) mass is 468 g/mol. The number of hydrogen-bond donors (Lipinski definition) is 0. The van der Waals surface area contributed by atoms with Gasteiger partial charge in [-0.15, -0.1) is 0 Å². The summed E-state index contributed by atoms with van der Waals surface area (Å²) in [4.78, 5) is 18.6. The third-order valence-corrected chi connectivity index (χ3v) is 8.40. The van der Waals surface area contributed by atoms with Gasteiger partial charge in [-0.3, -0.25) is 4.79 Å². The second kappa shape index (κ2) is 8.20. The lowest BCUT2D eigenvalue weighted by Crippen LogP contribution is -2.38. The number of thioether (sulfide) groups is 1. The van der Waals surface area contributed by atoms with E-state index in [0.29, 0.717) is 27.2 Å². The molecule has 30 heavy (non-hydrogen) atoms. The molecule has 10 heteroatoms. The number of ether oxygens (including phenoxy) is 1. The molecule has 2 fully saturated rings. The van der Waals surface area contributed by atoms with E-state index >= 15 is 0 Å². The third-order valence-electron chi connectivity index (χ3n) is 4.96. The molecule has 0 spiro atoms. The summed E-state index contributed by atoms with van der Waals surface area (Å²) in [5, 5.41) is 0.626. The number of hydrogen-bond acceptors (Lipinski definition) is 5. The molecule has 2 aromatic rings. The molecule has 0 aromatic heterocycles. The van der Waals surface area contributed by atoms with Crippen molar-refractivity contribution in [3.8, 4) is 5.75 Å². The first-order valence-electron chi connectivity index (χ1n) is 9.11. The molecule has 0 radical (unpaired) electrons. The smallest absolute Gasteiger partial charge is 0.252 e. The van der Waals surface area contributed by atoms with Crippen LogP contribution >= 0.6 is 23.4 Å². The highest BCUT2D eigenvalue weighted by Gasteiger charge is 2.50. The Hall–Kier alpha value is -2.10. The van der Waals surface area contributed by atoms with Crippen LogP contribution in [0, 0.1) is 5.82 Å². The summed E-state index contributed by atoms with van der Waals surface area (Å²) in [7, 11) is -1.68. The van der Waals surface area contributed by atoms with Crippen LogP contribution in [0.4, 0.5) is 10.1 Å². The average Bonchev–Trinajstić information content (AvgIpc) is 3.14. The first kappa shape index (κ1) is 21.1. The largest absolute Gasteiger partial charge is 0.495 e. The van der Waals surface area contributed by atoms with E-state index in [4.69, 9.17) is 16.3 Å². The van der Waals surface area contributed by atoms with Crippen molar-refractivity contribution >= 4 is 50.0 Å². The molecule has 0 bridgehead atoms. The first-order valence-corrected chi connectivity index (χ1v) is 12.2. The topological polar surface area (TPSA) is 76.0 Å². The molecule has 2 atom stereocenters. The zero-order chi connectivity index (χ0) is 21.5. The van der Waals surface area contributed by atoms with Gasteiger partial charge in [0.25, 0.3) is 5.91 Å². The van der Waals surface area contributed by atoms with Crippen LogP contribution in [-0.4, -0.2) is 49.4 Å². The van der Waals surface area contributed by atoms with Gasteiger partial charge in [0.05, 0.1) is 36.8 Å². The van der Waals surface area contributed by atoms with Crippen molar-refractivity contribution in [2.45, 2.75) is 17.7 Å². The second-order valence-electron chi connectivity index (χ2n) is 7.08. The Morgan fingerprint density at radius 3 is 2.70 bits per heavy atom.